The van der Waals surface area contributed by atoms with E-state index in [9.17, 15) is 0 Å². The first-order valence-electron chi connectivity index (χ1n) is 23.4. The maximum atomic E-state index is 7.00. The fraction of sp³-hybridized carbons (Fsp3) is 0.0625. The van der Waals surface area contributed by atoms with E-state index in [-0.39, 0.29) is 5.41 Å². The molecule has 0 atom stereocenters. The maximum Gasteiger partial charge on any atom is 0.143 e. The summed E-state index contributed by atoms with van der Waals surface area (Å²) in [6.07, 6.45) is 0. The van der Waals surface area contributed by atoms with Crippen LogP contribution in [0.4, 0.5) is 11.4 Å². The summed E-state index contributed by atoms with van der Waals surface area (Å²) < 4.78 is 12.3. The van der Waals surface area contributed by atoms with Crippen molar-refractivity contribution in [2.75, 3.05) is 4.90 Å². The van der Waals surface area contributed by atoms with Gasteiger partial charge in [0.2, 0.25) is 0 Å². The largest absolute Gasteiger partial charge is 0.455 e. The van der Waals surface area contributed by atoms with E-state index in [1.165, 1.54) is 95.8 Å². The molecule has 3 aromatic heterocycles. The highest BCUT2D eigenvalue weighted by Crippen LogP contribution is 2.53. The predicted octanol–water partition coefficient (Wildman–Crippen LogP) is 19.0. The molecule has 0 unspecified atom stereocenters. The smallest absolute Gasteiger partial charge is 0.143 e. The molecule has 0 N–H and O–H groups in total. The fourth-order valence-corrected chi connectivity index (χ4v) is 13.6. The highest BCUT2D eigenvalue weighted by atomic mass is 32.1. The van der Waals surface area contributed by atoms with E-state index in [1.807, 2.05) is 22.7 Å². The highest BCUT2D eigenvalue weighted by Gasteiger charge is 2.37. The molecule has 3 heterocycles. The van der Waals surface area contributed by atoms with Gasteiger partial charge >= 0.3 is 0 Å². The van der Waals surface area contributed by atoms with Crippen molar-refractivity contribution in [1.29, 1.82) is 0 Å². The molecule has 0 bridgehead atoms. The minimum Gasteiger partial charge on any atom is -0.455 e. The van der Waals surface area contributed by atoms with Crippen LogP contribution in [-0.2, 0) is 12.0 Å². The third-order valence-electron chi connectivity index (χ3n) is 14.6. The van der Waals surface area contributed by atoms with Crippen LogP contribution in [-0.4, -0.2) is 0 Å². The van der Waals surface area contributed by atoms with Crippen LogP contribution in [0.15, 0.2) is 217 Å². The average Bonchev–Trinajstić information content (AvgIpc) is 4.14. The number of hydrogen-bond acceptors (Lipinski definition) is 4. The van der Waals surface area contributed by atoms with Crippen molar-refractivity contribution in [2.45, 2.75) is 25.8 Å². The molecule has 0 fully saturated rings. The minimum atomic E-state index is -0.0850. The molecule has 14 rings (SSSR count). The number of fused-ring (bicyclic) bond motifs is 13. The molecule has 1 aliphatic rings. The zero-order valence-corrected chi connectivity index (χ0v) is 39.2. The SMILES string of the molecule is CC1(C)c2ccccc2-c2c1ccc1c2oc2c(-c3ccc(CN(c4ccc(-c5cccc6c5sc5ccccc56)cc4)c4ccc(-c5cccc6c5sc5ccccc56)cc4)cc3)cccc21. The van der Waals surface area contributed by atoms with Crippen LogP contribution in [0.2, 0.25) is 0 Å². The van der Waals surface area contributed by atoms with E-state index >= 15 is 0 Å². The lowest BCUT2D eigenvalue weighted by atomic mass is 9.82. The van der Waals surface area contributed by atoms with E-state index in [0.29, 0.717) is 6.54 Å². The van der Waals surface area contributed by atoms with Gasteiger partial charge in [0.05, 0.1) is 0 Å². The van der Waals surface area contributed by atoms with Crippen LogP contribution >= 0.6 is 22.7 Å². The Balaban J connectivity index is 0.834. The van der Waals surface area contributed by atoms with Crippen LogP contribution < -0.4 is 4.90 Å². The Morgan fingerprint density at radius 1 is 0.382 bits per heavy atom. The molecule has 10 aromatic carbocycles. The number of benzene rings is 10. The van der Waals surface area contributed by atoms with Crippen LogP contribution in [0.3, 0.4) is 0 Å². The summed E-state index contributed by atoms with van der Waals surface area (Å²) in [5.41, 5.74) is 17.8. The fourth-order valence-electron chi connectivity index (χ4n) is 11.2. The van der Waals surface area contributed by atoms with Gasteiger partial charge in [0, 0.05) is 85.6 Å². The van der Waals surface area contributed by atoms with Gasteiger partial charge < -0.3 is 9.32 Å². The molecule has 13 aromatic rings. The van der Waals surface area contributed by atoms with Crippen LogP contribution in [0, 0.1) is 0 Å². The number of rotatable bonds is 7. The Kier molecular flexibility index (Phi) is 8.77. The van der Waals surface area contributed by atoms with Crippen molar-refractivity contribution >= 4 is 96.3 Å². The van der Waals surface area contributed by atoms with Crippen molar-refractivity contribution in [2.24, 2.45) is 0 Å². The Bertz CT molecular complexity index is 3970. The number of nitrogens with zero attached hydrogens (tertiary/aromatic N) is 1. The highest BCUT2D eigenvalue weighted by molar-refractivity contribution is 7.26. The van der Waals surface area contributed by atoms with Crippen molar-refractivity contribution in [1.82, 2.24) is 0 Å². The lowest BCUT2D eigenvalue weighted by Crippen LogP contribution is -2.16. The Morgan fingerprint density at radius 3 is 1.47 bits per heavy atom. The third-order valence-corrected chi connectivity index (χ3v) is 17.0. The molecule has 4 heteroatoms. The van der Waals surface area contributed by atoms with Crippen molar-refractivity contribution < 1.29 is 4.42 Å². The zero-order valence-electron chi connectivity index (χ0n) is 37.6. The normalized spacial score (nSPS) is 13.0. The van der Waals surface area contributed by atoms with E-state index < -0.39 is 0 Å². The summed E-state index contributed by atoms with van der Waals surface area (Å²) in [6.45, 7) is 5.35. The molecular formula is C64H43NOS2. The first kappa shape index (κ1) is 39.4. The molecule has 0 amide bonds. The van der Waals surface area contributed by atoms with Crippen LogP contribution in [0.25, 0.3) is 107 Å². The molecular weight excluding hydrogens is 863 g/mol. The summed E-state index contributed by atoms with van der Waals surface area (Å²) >= 11 is 3.76. The van der Waals surface area contributed by atoms with E-state index in [0.717, 1.165) is 39.1 Å². The predicted molar refractivity (Wildman–Crippen MR) is 292 cm³/mol. The number of anilines is 2. The number of hydrogen-bond donors (Lipinski definition) is 0. The second-order valence-corrected chi connectivity index (χ2v) is 20.9. The molecule has 0 radical (unpaired) electrons. The van der Waals surface area contributed by atoms with Gasteiger partial charge in [-0.15, -0.1) is 22.7 Å². The molecule has 2 nitrogen and oxygen atoms in total. The lowest BCUT2D eigenvalue weighted by molar-refractivity contribution is 0.653. The number of furan rings is 1. The van der Waals surface area contributed by atoms with Crippen LogP contribution in [0.5, 0.6) is 0 Å². The van der Waals surface area contributed by atoms with Gasteiger partial charge in [0.15, 0.2) is 0 Å². The summed E-state index contributed by atoms with van der Waals surface area (Å²) in [5.74, 6) is 0. The Labute approximate surface area is 402 Å². The van der Waals surface area contributed by atoms with E-state index in [2.05, 4.69) is 231 Å². The van der Waals surface area contributed by atoms with Gasteiger partial charge in [0.1, 0.15) is 11.2 Å². The Morgan fingerprint density at radius 2 is 0.853 bits per heavy atom. The van der Waals surface area contributed by atoms with Gasteiger partial charge in [-0.3, -0.25) is 0 Å². The first-order chi connectivity index (χ1) is 33.5. The molecule has 0 spiro atoms. The van der Waals surface area contributed by atoms with E-state index in [1.54, 1.807) is 0 Å². The molecule has 0 aliphatic heterocycles. The quantitative estimate of drug-likeness (QED) is 0.158. The minimum absolute atomic E-state index is 0.0850. The molecule has 0 saturated heterocycles. The summed E-state index contributed by atoms with van der Waals surface area (Å²) in [4.78, 5) is 2.45. The van der Waals surface area contributed by atoms with Crippen molar-refractivity contribution in [3.05, 3.63) is 229 Å². The summed E-state index contributed by atoms with van der Waals surface area (Å²) in [6, 6.07) is 78.4. The monoisotopic (exact) mass is 905 g/mol. The van der Waals surface area contributed by atoms with Gasteiger partial charge in [-0.05, 0) is 86.5 Å². The molecule has 68 heavy (non-hydrogen) atoms. The average molecular weight is 906 g/mol. The third kappa shape index (κ3) is 6.01. The number of para-hydroxylation sites is 1. The maximum absolute atomic E-state index is 7.00. The topological polar surface area (TPSA) is 16.4 Å². The second-order valence-electron chi connectivity index (χ2n) is 18.8. The van der Waals surface area contributed by atoms with Gasteiger partial charge in [-0.1, -0.05) is 190 Å². The molecule has 322 valence electrons. The van der Waals surface area contributed by atoms with Crippen LogP contribution in [0.1, 0.15) is 30.5 Å². The van der Waals surface area contributed by atoms with Crippen molar-refractivity contribution in [3.63, 3.8) is 0 Å². The summed E-state index contributed by atoms with van der Waals surface area (Å²) in [7, 11) is 0. The van der Waals surface area contributed by atoms with E-state index in [4.69, 9.17) is 4.42 Å². The van der Waals surface area contributed by atoms with Gasteiger partial charge in [-0.25, -0.2) is 0 Å². The standard InChI is InChI=1S/C64H43NOS2/c1-64(2)55-21-6-3-14-54(55)59-56(64)37-36-51-50-18-9-15-45(60(50)66-61(51)59)40-26-24-39(25-27-40)38-65(43-32-28-41(29-33-43)46-16-10-19-52-48-12-4-7-22-57(48)67-62(46)52)44-34-30-42(31-35-44)47-17-11-20-53-49-13-5-8-23-58(49)68-63(47)53/h3-37H,38H2,1-2H3. The van der Waals surface area contributed by atoms with Gasteiger partial charge in [0.25, 0.3) is 0 Å². The lowest BCUT2D eigenvalue weighted by Gasteiger charge is -2.26. The van der Waals surface area contributed by atoms with Crippen molar-refractivity contribution in [3.8, 4) is 44.5 Å². The second kappa shape index (κ2) is 15.1. The molecule has 1 aliphatic carbocycles. The first-order valence-corrected chi connectivity index (χ1v) is 25.1. The Hall–Kier alpha value is -7.76. The summed E-state index contributed by atoms with van der Waals surface area (Å²) in [5, 5.41) is 7.60. The van der Waals surface area contributed by atoms with Gasteiger partial charge in [-0.2, -0.15) is 0 Å². The number of thiophene rings is 2. The zero-order chi connectivity index (χ0) is 45.1. The molecule has 0 saturated carbocycles.